The number of nitrogens with zero attached hydrogens (tertiary/aromatic N) is 3. The van der Waals surface area contributed by atoms with E-state index < -0.39 is 0 Å². The van der Waals surface area contributed by atoms with E-state index in [1.165, 1.54) is 17.9 Å². The van der Waals surface area contributed by atoms with Crippen LogP contribution in [0.1, 0.15) is 19.3 Å². The second-order valence-electron chi connectivity index (χ2n) is 7.32. The molecule has 0 bridgehead atoms. The molecule has 0 radical (unpaired) electrons. The molecule has 0 saturated carbocycles. The van der Waals surface area contributed by atoms with Gasteiger partial charge in [0.15, 0.2) is 0 Å². The number of likely N-dealkylation sites (N-methyl/N-ethyl adjacent to an activating group) is 1. The van der Waals surface area contributed by atoms with Crippen molar-refractivity contribution >= 4 is 17.9 Å². The van der Waals surface area contributed by atoms with Crippen LogP contribution < -0.4 is 0 Å². The molecule has 0 aliphatic carbocycles. The van der Waals surface area contributed by atoms with Crippen molar-refractivity contribution in [1.29, 1.82) is 0 Å². The summed E-state index contributed by atoms with van der Waals surface area (Å²) in [7, 11) is 3.78. The summed E-state index contributed by atoms with van der Waals surface area (Å²) in [5.74, 6) is 2.57. The Balaban J connectivity index is 1.44. The van der Waals surface area contributed by atoms with Gasteiger partial charge in [0.2, 0.25) is 0 Å². The van der Waals surface area contributed by atoms with Gasteiger partial charge in [-0.25, -0.2) is 4.79 Å². The minimum absolute atomic E-state index is 0.125. The van der Waals surface area contributed by atoms with Gasteiger partial charge < -0.3 is 19.3 Å². The summed E-state index contributed by atoms with van der Waals surface area (Å²) in [6.07, 6.45) is 3.16. The topological polar surface area (TPSA) is 45.2 Å². The molecule has 7 heteroatoms. The number of rotatable bonds is 7. The summed E-state index contributed by atoms with van der Waals surface area (Å²) in [5, 5.41) is 0. The van der Waals surface area contributed by atoms with Crippen molar-refractivity contribution in [3.8, 4) is 0 Å². The third-order valence-electron chi connectivity index (χ3n) is 5.60. The zero-order valence-corrected chi connectivity index (χ0v) is 15.9. The second-order valence-corrected chi connectivity index (χ2v) is 8.47. The van der Waals surface area contributed by atoms with Gasteiger partial charge in [-0.15, -0.1) is 0 Å². The molecule has 138 valence electrons. The number of thioether (sulfide) groups is 1. The third kappa shape index (κ3) is 4.36. The molecule has 3 aliphatic rings. The number of piperidine rings is 1. The zero-order chi connectivity index (χ0) is 17.0. The number of hydrogen-bond donors (Lipinski definition) is 0. The van der Waals surface area contributed by atoms with E-state index >= 15 is 0 Å². The average molecular weight is 358 g/mol. The van der Waals surface area contributed by atoms with Gasteiger partial charge in [-0.2, -0.15) is 11.8 Å². The Morgan fingerprint density at radius 3 is 2.83 bits per heavy atom. The van der Waals surface area contributed by atoms with E-state index in [1.54, 1.807) is 7.11 Å². The minimum Gasteiger partial charge on any atom is -0.441 e. The van der Waals surface area contributed by atoms with Crippen molar-refractivity contribution < 1.29 is 14.3 Å². The van der Waals surface area contributed by atoms with Crippen LogP contribution in [0.5, 0.6) is 0 Å². The first kappa shape index (κ1) is 18.3. The maximum absolute atomic E-state index is 12.3. The van der Waals surface area contributed by atoms with E-state index in [-0.39, 0.29) is 11.7 Å². The lowest BCUT2D eigenvalue weighted by Crippen LogP contribution is -2.50. The molecule has 3 rings (SSSR count). The first-order valence-corrected chi connectivity index (χ1v) is 10.2. The molecule has 6 nitrogen and oxygen atoms in total. The summed E-state index contributed by atoms with van der Waals surface area (Å²) >= 11 is 2.07. The quantitative estimate of drug-likeness (QED) is 0.686. The average Bonchev–Trinajstić information content (AvgIpc) is 3.21. The molecule has 3 heterocycles. The Kier molecular flexibility index (Phi) is 6.29. The van der Waals surface area contributed by atoms with Crippen molar-refractivity contribution in [2.75, 3.05) is 71.5 Å². The summed E-state index contributed by atoms with van der Waals surface area (Å²) in [6.45, 7) is 6.11. The predicted octanol–water partition coefficient (Wildman–Crippen LogP) is 1.36. The Bertz CT molecular complexity index is 423. The van der Waals surface area contributed by atoms with Crippen LogP contribution in [0.15, 0.2) is 0 Å². The molecule has 0 aromatic carbocycles. The number of carbonyl (C=O) groups is 1. The van der Waals surface area contributed by atoms with Crippen LogP contribution in [-0.4, -0.2) is 104 Å². The van der Waals surface area contributed by atoms with Crippen LogP contribution in [0.2, 0.25) is 0 Å². The number of likely N-dealkylation sites (tertiary alicyclic amines) is 1. The second kappa shape index (κ2) is 8.25. The van der Waals surface area contributed by atoms with E-state index in [4.69, 9.17) is 9.47 Å². The van der Waals surface area contributed by atoms with Crippen molar-refractivity contribution in [2.24, 2.45) is 0 Å². The van der Waals surface area contributed by atoms with E-state index in [2.05, 4.69) is 28.6 Å². The highest BCUT2D eigenvalue weighted by Crippen LogP contribution is 2.35. The lowest BCUT2D eigenvalue weighted by Gasteiger charge is -2.40. The fraction of sp³-hybridized carbons (Fsp3) is 0.941. The fourth-order valence-electron chi connectivity index (χ4n) is 3.88. The molecule has 3 saturated heterocycles. The van der Waals surface area contributed by atoms with Crippen molar-refractivity contribution in [2.45, 2.75) is 30.9 Å². The van der Waals surface area contributed by atoms with E-state index in [0.29, 0.717) is 0 Å². The molecule has 1 atom stereocenters. The van der Waals surface area contributed by atoms with Crippen LogP contribution in [0, 0.1) is 0 Å². The molecule has 3 fully saturated rings. The largest absolute Gasteiger partial charge is 0.441 e. The fourth-order valence-corrected chi connectivity index (χ4v) is 5.14. The minimum atomic E-state index is -0.232. The lowest BCUT2D eigenvalue weighted by atomic mass is 9.90. The van der Waals surface area contributed by atoms with Crippen molar-refractivity contribution in [3.05, 3.63) is 0 Å². The monoisotopic (exact) mass is 357 g/mol. The number of carbonyl (C=O) groups excluding carboxylic acids is 1. The Hall–Kier alpha value is -0.500. The van der Waals surface area contributed by atoms with Crippen LogP contribution in [0.25, 0.3) is 0 Å². The first-order valence-electron chi connectivity index (χ1n) is 9.09. The Morgan fingerprint density at radius 2 is 2.17 bits per heavy atom. The summed E-state index contributed by atoms with van der Waals surface area (Å²) < 4.78 is 10.9. The number of ether oxygens (including phenoxy) is 2. The summed E-state index contributed by atoms with van der Waals surface area (Å²) in [5.41, 5.74) is -0.232. The molecular weight excluding hydrogens is 326 g/mol. The molecule has 0 N–H and O–H groups in total. The summed E-state index contributed by atoms with van der Waals surface area (Å²) in [4.78, 5) is 19.0. The SMILES string of the molecule is COCCN(C)CCN1CC2(CCN([C@@H]3CCSC3)CC2)OC1=O. The molecule has 0 aromatic rings. The van der Waals surface area contributed by atoms with Crippen LogP contribution in [0.3, 0.4) is 0 Å². The molecule has 0 unspecified atom stereocenters. The smallest absolute Gasteiger partial charge is 0.410 e. The van der Waals surface area contributed by atoms with Crippen LogP contribution in [0.4, 0.5) is 4.79 Å². The normalized spacial score (nSPS) is 27.4. The van der Waals surface area contributed by atoms with Crippen molar-refractivity contribution in [1.82, 2.24) is 14.7 Å². The van der Waals surface area contributed by atoms with Crippen LogP contribution in [-0.2, 0) is 9.47 Å². The molecular formula is C17H31N3O3S. The highest BCUT2D eigenvalue weighted by molar-refractivity contribution is 7.99. The van der Waals surface area contributed by atoms with Gasteiger partial charge in [0.05, 0.1) is 13.2 Å². The molecule has 0 aromatic heterocycles. The predicted molar refractivity (Wildman–Crippen MR) is 96.7 cm³/mol. The van der Waals surface area contributed by atoms with Crippen LogP contribution >= 0.6 is 11.8 Å². The maximum atomic E-state index is 12.3. The Morgan fingerprint density at radius 1 is 1.38 bits per heavy atom. The van der Waals surface area contributed by atoms with Crippen molar-refractivity contribution in [3.63, 3.8) is 0 Å². The molecule has 3 aliphatic heterocycles. The van der Waals surface area contributed by atoms with Gasteiger partial charge in [0, 0.05) is 64.5 Å². The van der Waals surface area contributed by atoms with Gasteiger partial charge in [-0.05, 0) is 19.2 Å². The summed E-state index contributed by atoms with van der Waals surface area (Å²) in [6, 6.07) is 0.745. The number of hydrogen-bond acceptors (Lipinski definition) is 6. The molecule has 1 spiro atoms. The van der Waals surface area contributed by atoms with Gasteiger partial charge in [0.25, 0.3) is 0 Å². The highest BCUT2D eigenvalue weighted by Gasteiger charge is 2.47. The lowest BCUT2D eigenvalue weighted by molar-refractivity contribution is -0.00743. The molecule has 24 heavy (non-hydrogen) atoms. The Labute approximate surface area is 149 Å². The first-order chi connectivity index (χ1) is 11.6. The molecule has 1 amide bonds. The van der Waals surface area contributed by atoms with Gasteiger partial charge >= 0.3 is 6.09 Å². The van der Waals surface area contributed by atoms with E-state index in [0.717, 1.165) is 64.8 Å². The van der Waals surface area contributed by atoms with Gasteiger partial charge in [-0.3, -0.25) is 4.90 Å². The highest BCUT2D eigenvalue weighted by atomic mass is 32.2. The number of methoxy groups -OCH3 is 1. The number of amides is 1. The van der Waals surface area contributed by atoms with E-state index in [9.17, 15) is 4.79 Å². The van der Waals surface area contributed by atoms with Gasteiger partial charge in [0.1, 0.15) is 5.60 Å². The van der Waals surface area contributed by atoms with Gasteiger partial charge in [-0.1, -0.05) is 0 Å². The standard InChI is InChI=1S/C17H31N3O3S/c1-18(10-11-22-2)8-9-20-14-17(23-16(20)21)4-6-19(7-5-17)15-3-12-24-13-15/h15H,3-14H2,1-2H3/t15-/m1/s1. The van der Waals surface area contributed by atoms with E-state index in [1.807, 2.05) is 4.90 Å². The third-order valence-corrected chi connectivity index (χ3v) is 6.75. The zero-order valence-electron chi connectivity index (χ0n) is 15.0. The maximum Gasteiger partial charge on any atom is 0.410 e.